The zero-order valence-electron chi connectivity index (χ0n) is 6.89. The zero-order chi connectivity index (χ0) is 8.16. The van der Waals surface area contributed by atoms with Crippen molar-refractivity contribution < 1.29 is 9.84 Å². The van der Waals surface area contributed by atoms with E-state index in [9.17, 15) is 5.11 Å². The van der Waals surface area contributed by atoms with Crippen molar-refractivity contribution in [2.45, 2.75) is 38.2 Å². The van der Waals surface area contributed by atoms with Gasteiger partial charge in [0.15, 0.2) is 0 Å². The molecule has 0 aliphatic heterocycles. The maximum atomic E-state index is 9.66. The molecule has 0 saturated heterocycles. The summed E-state index contributed by atoms with van der Waals surface area (Å²) in [4.78, 5) is 0. The minimum Gasteiger partial charge on any atom is -0.447 e. The zero-order valence-corrected chi connectivity index (χ0v) is 6.89. The summed E-state index contributed by atoms with van der Waals surface area (Å²) in [5.74, 6) is 2.74. The van der Waals surface area contributed by atoms with Gasteiger partial charge in [-0.3, -0.25) is 0 Å². The van der Waals surface area contributed by atoms with Gasteiger partial charge < -0.3 is 9.84 Å². The van der Waals surface area contributed by atoms with Gasteiger partial charge in [-0.2, -0.15) is 0 Å². The van der Waals surface area contributed by atoms with Crippen LogP contribution in [0.1, 0.15) is 32.6 Å². The topological polar surface area (TPSA) is 29.5 Å². The summed E-state index contributed by atoms with van der Waals surface area (Å²) in [6.07, 6.45) is 6.28. The molecule has 0 aromatic rings. The highest BCUT2D eigenvalue weighted by Crippen LogP contribution is 2.28. The van der Waals surface area contributed by atoms with Crippen LogP contribution in [0.4, 0.5) is 0 Å². The molecule has 62 valence electrons. The summed E-state index contributed by atoms with van der Waals surface area (Å²) in [5, 5.41) is 9.66. The average molecular weight is 154 g/mol. The van der Waals surface area contributed by atoms with Gasteiger partial charge in [-0.25, -0.2) is 0 Å². The van der Waals surface area contributed by atoms with E-state index in [-0.39, 0.29) is 0 Å². The SMILES string of the molecule is CCOC#CC1(O)CCCC1. The van der Waals surface area contributed by atoms with E-state index in [2.05, 4.69) is 12.0 Å². The van der Waals surface area contributed by atoms with Gasteiger partial charge in [0.2, 0.25) is 0 Å². The summed E-state index contributed by atoms with van der Waals surface area (Å²) >= 11 is 0. The van der Waals surface area contributed by atoms with Gasteiger partial charge >= 0.3 is 0 Å². The molecule has 1 N–H and O–H groups in total. The largest absolute Gasteiger partial charge is 0.447 e. The summed E-state index contributed by atoms with van der Waals surface area (Å²) in [6.45, 7) is 2.47. The minimum atomic E-state index is -0.741. The molecule has 1 rings (SSSR count). The highest BCUT2D eigenvalue weighted by atomic mass is 16.5. The fraction of sp³-hybridized carbons (Fsp3) is 0.778. The van der Waals surface area contributed by atoms with Crippen molar-refractivity contribution >= 4 is 0 Å². The molecule has 1 fully saturated rings. The number of hydrogen-bond donors (Lipinski definition) is 1. The molecular formula is C9H14O2. The Balaban J connectivity index is 2.40. The fourth-order valence-corrected chi connectivity index (χ4v) is 1.29. The van der Waals surface area contributed by atoms with Gasteiger partial charge in [0.25, 0.3) is 0 Å². The van der Waals surface area contributed by atoms with Crippen molar-refractivity contribution in [2.24, 2.45) is 0 Å². The third kappa shape index (κ3) is 2.44. The second-order valence-corrected chi connectivity index (χ2v) is 2.90. The first kappa shape index (κ1) is 8.42. The van der Waals surface area contributed by atoms with Crippen LogP contribution in [0.15, 0.2) is 0 Å². The first-order chi connectivity index (χ1) is 5.27. The van der Waals surface area contributed by atoms with Crippen LogP contribution in [0, 0.1) is 12.0 Å². The fourth-order valence-electron chi connectivity index (χ4n) is 1.29. The molecule has 0 atom stereocenters. The highest BCUT2D eigenvalue weighted by Gasteiger charge is 2.28. The Morgan fingerprint density at radius 2 is 2.09 bits per heavy atom. The predicted octanol–water partition coefficient (Wildman–Crippen LogP) is 1.29. The summed E-state index contributed by atoms with van der Waals surface area (Å²) in [7, 11) is 0. The van der Waals surface area contributed by atoms with E-state index in [1.165, 1.54) is 0 Å². The van der Waals surface area contributed by atoms with Crippen molar-refractivity contribution in [2.75, 3.05) is 6.61 Å². The minimum absolute atomic E-state index is 0.586. The average Bonchev–Trinajstić information content (AvgIpc) is 2.38. The molecule has 1 aliphatic carbocycles. The van der Waals surface area contributed by atoms with Crippen LogP contribution in [-0.4, -0.2) is 17.3 Å². The van der Waals surface area contributed by atoms with Crippen LogP contribution in [0.25, 0.3) is 0 Å². The number of rotatable bonds is 1. The van der Waals surface area contributed by atoms with Gasteiger partial charge in [-0.05, 0) is 38.5 Å². The first-order valence-electron chi connectivity index (χ1n) is 4.13. The molecule has 0 spiro atoms. The Morgan fingerprint density at radius 1 is 1.45 bits per heavy atom. The molecule has 11 heavy (non-hydrogen) atoms. The molecule has 0 heterocycles. The van der Waals surface area contributed by atoms with Crippen molar-refractivity contribution in [1.82, 2.24) is 0 Å². The van der Waals surface area contributed by atoms with Crippen LogP contribution in [0.2, 0.25) is 0 Å². The molecule has 0 aromatic carbocycles. The maximum absolute atomic E-state index is 9.66. The van der Waals surface area contributed by atoms with E-state index in [1.54, 1.807) is 0 Å². The van der Waals surface area contributed by atoms with E-state index in [0.29, 0.717) is 6.61 Å². The lowest BCUT2D eigenvalue weighted by atomic mass is 10.0. The Bertz CT molecular complexity index is 170. The molecule has 1 saturated carbocycles. The van der Waals surface area contributed by atoms with Crippen molar-refractivity contribution in [3.8, 4) is 12.0 Å². The Labute approximate surface area is 67.6 Å². The van der Waals surface area contributed by atoms with E-state index in [1.807, 2.05) is 6.92 Å². The van der Waals surface area contributed by atoms with E-state index < -0.39 is 5.60 Å². The summed E-state index contributed by atoms with van der Waals surface area (Å²) < 4.78 is 4.84. The quantitative estimate of drug-likeness (QED) is 0.577. The normalized spacial score (nSPS) is 20.5. The van der Waals surface area contributed by atoms with Crippen molar-refractivity contribution in [1.29, 1.82) is 0 Å². The predicted molar refractivity (Wildman–Crippen MR) is 42.8 cm³/mol. The molecule has 0 aromatic heterocycles. The monoisotopic (exact) mass is 154 g/mol. The second kappa shape index (κ2) is 3.64. The van der Waals surface area contributed by atoms with Crippen LogP contribution in [-0.2, 0) is 4.74 Å². The molecule has 2 nitrogen and oxygen atoms in total. The van der Waals surface area contributed by atoms with Gasteiger partial charge in [0.05, 0.1) is 6.61 Å². The number of hydrogen-bond acceptors (Lipinski definition) is 2. The Morgan fingerprint density at radius 3 is 2.64 bits per heavy atom. The summed E-state index contributed by atoms with van der Waals surface area (Å²) in [5.41, 5.74) is -0.741. The van der Waals surface area contributed by atoms with Crippen molar-refractivity contribution in [3.05, 3.63) is 0 Å². The first-order valence-corrected chi connectivity index (χ1v) is 4.13. The van der Waals surface area contributed by atoms with Crippen LogP contribution in [0.3, 0.4) is 0 Å². The van der Waals surface area contributed by atoms with Gasteiger partial charge in [-0.15, -0.1) is 0 Å². The molecule has 2 heteroatoms. The standard InChI is InChI=1S/C9H14O2/c1-2-11-8-7-9(10)5-3-4-6-9/h10H,2-6H2,1H3. The lowest BCUT2D eigenvalue weighted by molar-refractivity contribution is 0.108. The molecular weight excluding hydrogens is 140 g/mol. The van der Waals surface area contributed by atoms with E-state index >= 15 is 0 Å². The Hall–Kier alpha value is -0.680. The van der Waals surface area contributed by atoms with E-state index in [0.717, 1.165) is 25.7 Å². The lowest BCUT2D eigenvalue weighted by Gasteiger charge is -2.11. The summed E-state index contributed by atoms with van der Waals surface area (Å²) in [6, 6.07) is 0. The van der Waals surface area contributed by atoms with Crippen LogP contribution in [0.5, 0.6) is 0 Å². The molecule has 1 aliphatic rings. The maximum Gasteiger partial charge on any atom is 0.128 e. The van der Waals surface area contributed by atoms with Crippen LogP contribution < -0.4 is 0 Å². The van der Waals surface area contributed by atoms with Gasteiger partial charge in [-0.1, -0.05) is 0 Å². The van der Waals surface area contributed by atoms with E-state index in [4.69, 9.17) is 4.74 Å². The van der Waals surface area contributed by atoms with Gasteiger partial charge in [0, 0.05) is 0 Å². The number of ether oxygens (including phenoxy) is 1. The molecule has 0 bridgehead atoms. The second-order valence-electron chi connectivity index (χ2n) is 2.90. The molecule has 0 unspecified atom stereocenters. The Kier molecular flexibility index (Phi) is 2.78. The highest BCUT2D eigenvalue weighted by molar-refractivity contribution is 5.12. The van der Waals surface area contributed by atoms with Crippen LogP contribution >= 0.6 is 0 Å². The smallest absolute Gasteiger partial charge is 0.128 e. The van der Waals surface area contributed by atoms with Crippen molar-refractivity contribution in [3.63, 3.8) is 0 Å². The third-order valence-corrected chi connectivity index (χ3v) is 1.93. The molecule has 0 amide bonds. The third-order valence-electron chi connectivity index (χ3n) is 1.93. The lowest BCUT2D eigenvalue weighted by Crippen LogP contribution is -2.20. The van der Waals surface area contributed by atoms with Gasteiger partial charge in [0.1, 0.15) is 11.7 Å². The number of aliphatic hydroxyl groups is 1. The molecule has 0 radical (unpaired) electrons.